The molecule has 112 valence electrons. The van der Waals surface area contributed by atoms with Crippen molar-refractivity contribution in [3.8, 4) is 5.75 Å². The quantitative estimate of drug-likeness (QED) is 0.888. The third kappa shape index (κ3) is 3.53. The van der Waals surface area contributed by atoms with E-state index in [1.165, 1.54) is 12.1 Å². The molecule has 2 N–H and O–H groups in total. The second-order valence-corrected chi connectivity index (χ2v) is 6.27. The molecule has 0 aliphatic carbocycles. The van der Waals surface area contributed by atoms with Crippen molar-refractivity contribution in [2.45, 2.75) is 18.4 Å². The van der Waals surface area contributed by atoms with Crippen LogP contribution >= 0.6 is 0 Å². The molecule has 0 radical (unpaired) electrons. The van der Waals surface area contributed by atoms with Crippen molar-refractivity contribution in [3.05, 3.63) is 53.6 Å². The fourth-order valence-corrected chi connectivity index (χ4v) is 2.99. The number of ether oxygens (including phenoxy) is 1. The van der Waals surface area contributed by atoms with Crippen molar-refractivity contribution in [1.29, 1.82) is 0 Å². The zero-order valence-electron chi connectivity index (χ0n) is 11.8. The number of aryl methyl sites for hydroxylation is 1. The van der Waals surface area contributed by atoms with Crippen LogP contribution in [0, 0.1) is 6.92 Å². The third-order valence-corrected chi connectivity index (χ3v) is 4.48. The highest BCUT2D eigenvalue weighted by atomic mass is 32.2. The first-order valence-electron chi connectivity index (χ1n) is 6.33. The Morgan fingerprint density at radius 1 is 1.14 bits per heavy atom. The van der Waals surface area contributed by atoms with Crippen LogP contribution in [0.15, 0.2) is 47.4 Å². The van der Waals surface area contributed by atoms with E-state index in [-0.39, 0.29) is 11.5 Å². The fraction of sp³-hybridized carbons (Fsp3) is 0.200. The summed E-state index contributed by atoms with van der Waals surface area (Å²) in [6, 6.07) is 11.2. The van der Waals surface area contributed by atoms with Gasteiger partial charge in [0.15, 0.2) is 0 Å². The number of benzene rings is 2. The Balaban J connectivity index is 2.28. The van der Waals surface area contributed by atoms with Crippen molar-refractivity contribution in [3.63, 3.8) is 0 Å². The topological polar surface area (TPSA) is 75.6 Å². The molecule has 0 fully saturated rings. The van der Waals surface area contributed by atoms with Gasteiger partial charge in [-0.15, -0.1) is 0 Å². The average Bonchev–Trinajstić information content (AvgIpc) is 2.49. The molecule has 2 rings (SSSR count). The Kier molecular flexibility index (Phi) is 4.50. The first-order chi connectivity index (χ1) is 9.96. The number of hydrogen-bond donors (Lipinski definition) is 2. The largest absolute Gasteiger partial charge is 0.497 e. The number of methoxy groups -OCH3 is 1. The van der Waals surface area contributed by atoms with Crippen LogP contribution in [0.2, 0.25) is 0 Å². The maximum atomic E-state index is 12.3. The van der Waals surface area contributed by atoms with E-state index < -0.39 is 10.0 Å². The third-order valence-electron chi connectivity index (χ3n) is 3.09. The summed E-state index contributed by atoms with van der Waals surface area (Å²) in [4.78, 5) is 0.148. The van der Waals surface area contributed by atoms with Gasteiger partial charge in [0.2, 0.25) is 0 Å². The first-order valence-corrected chi connectivity index (χ1v) is 7.82. The summed E-state index contributed by atoms with van der Waals surface area (Å²) < 4.78 is 32.2. The Hall–Kier alpha value is -2.05. The Labute approximate surface area is 124 Å². The van der Waals surface area contributed by atoms with Gasteiger partial charge >= 0.3 is 0 Å². The second kappa shape index (κ2) is 6.15. The Morgan fingerprint density at radius 3 is 2.33 bits per heavy atom. The molecule has 0 amide bonds. The zero-order valence-corrected chi connectivity index (χ0v) is 12.6. The van der Waals surface area contributed by atoms with Gasteiger partial charge in [0.1, 0.15) is 5.75 Å². The van der Waals surface area contributed by atoms with Crippen LogP contribution in [0.25, 0.3) is 0 Å². The van der Waals surface area contributed by atoms with E-state index in [0.717, 1.165) is 5.56 Å². The smallest absolute Gasteiger partial charge is 0.261 e. The summed E-state index contributed by atoms with van der Waals surface area (Å²) in [6.45, 7) is 1.68. The van der Waals surface area contributed by atoms with Crippen LogP contribution in [-0.2, 0) is 16.6 Å². The zero-order chi connectivity index (χ0) is 15.5. The van der Waals surface area contributed by atoms with Crippen molar-refractivity contribution >= 4 is 15.7 Å². The van der Waals surface area contributed by atoms with Crippen molar-refractivity contribution in [2.24, 2.45) is 0 Å². The highest BCUT2D eigenvalue weighted by Crippen LogP contribution is 2.24. The number of hydrogen-bond acceptors (Lipinski definition) is 4. The van der Waals surface area contributed by atoms with E-state index in [1.807, 2.05) is 0 Å². The number of sulfonamides is 1. The van der Waals surface area contributed by atoms with Crippen LogP contribution < -0.4 is 9.46 Å². The molecule has 2 aromatic rings. The molecular weight excluding hydrogens is 290 g/mol. The summed E-state index contributed by atoms with van der Waals surface area (Å²) in [7, 11) is -2.10. The van der Waals surface area contributed by atoms with E-state index in [4.69, 9.17) is 9.84 Å². The van der Waals surface area contributed by atoms with E-state index >= 15 is 0 Å². The predicted octanol–water partition coefficient (Wildman–Crippen LogP) is 2.30. The molecule has 5 nitrogen and oxygen atoms in total. The number of anilines is 1. The van der Waals surface area contributed by atoms with Gasteiger partial charge < -0.3 is 9.84 Å². The summed E-state index contributed by atoms with van der Waals surface area (Å²) in [5.74, 6) is 0.669. The fourth-order valence-electron chi connectivity index (χ4n) is 1.86. The Morgan fingerprint density at radius 2 is 1.81 bits per heavy atom. The highest BCUT2D eigenvalue weighted by molar-refractivity contribution is 7.92. The van der Waals surface area contributed by atoms with Crippen LogP contribution in [-0.4, -0.2) is 20.6 Å². The molecule has 0 saturated carbocycles. The molecule has 0 unspecified atom stereocenters. The van der Waals surface area contributed by atoms with Gasteiger partial charge in [-0.3, -0.25) is 4.72 Å². The van der Waals surface area contributed by atoms with Crippen LogP contribution in [0.5, 0.6) is 5.75 Å². The molecule has 0 bridgehead atoms. The highest BCUT2D eigenvalue weighted by Gasteiger charge is 2.15. The number of nitrogens with one attached hydrogen (secondary N) is 1. The van der Waals surface area contributed by atoms with Gasteiger partial charge in [0, 0.05) is 0 Å². The van der Waals surface area contributed by atoms with Gasteiger partial charge in [-0.2, -0.15) is 0 Å². The minimum absolute atomic E-state index is 0.120. The van der Waals surface area contributed by atoms with Gasteiger partial charge in [0.05, 0.1) is 24.3 Å². The van der Waals surface area contributed by atoms with E-state index in [1.54, 1.807) is 44.4 Å². The van der Waals surface area contributed by atoms with Gasteiger partial charge in [0.25, 0.3) is 10.0 Å². The second-order valence-electron chi connectivity index (χ2n) is 4.59. The summed E-state index contributed by atoms with van der Waals surface area (Å²) in [6.07, 6.45) is 0. The molecule has 0 spiro atoms. The maximum absolute atomic E-state index is 12.3. The molecule has 0 aromatic heterocycles. The monoisotopic (exact) mass is 307 g/mol. The molecular formula is C15H17NO4S. The molecule has 2 aromatic carbocycles. The maximum Gasteiger partial charge on any atom is 0.261 e. The van der Waals surface area contributed by atoms with Crippen LogP contribution in [0.1, 0.15) is 11.1 Å². The molecule has 0 aliphatic heterocycles. The average molecular weight is 307 g/mol. The van der Waals surface area contributed by atoms with Crippen LogP contribution in [0.4, 0.5) is 5.69 Å². The molecule has 0 heterocycles. The van der Waals surface area contributed by atoms with Gasteiger partial charge in [-0.25, -0.2) is 8.42 Å². The lowest BCUT2D eigenvalue weighted by Crippen LogP contribution is -2.13. The lowest BCUT2D eigenvalue weighted by Gasteiger charge is -2.12. The van der Waals surface area contributed by atoms with Crippen molar-refractivity contribution in [2.75, 3.05) is 11.8 Å². The van der Waals surface area contributed by atoms with Crippen LogP contribution in [0.3, 0.4) is 0 Å². The molecule has 21 heavy (non-hydrogen) atoms. The summed E-state index contributed by atoms with van der Waals surface area (Å²) in [5, 5.41) is 8.98. The predicted molar refractivity (Wildman–Crippen MR) is 80.9 cm³/mol. The lowest BCUT2D eigenvalue weighted by molar-refractivity contribution is 0.282. The van der Waals surface area contributed by atoms with E-state index in [0.29, 0.717) is 17.0 Å². The van der Waals surface area contributed by atoms with E-state index in [9.17, 15) is 8.42 Å². The normalized spacial score (nSPS) is 11.2. The number of rotatable bonds is 5. The molecule has 0 saturated heterocycles. The molecule has 0 atom stereocenters. The minimum atomic E-state index is -3.65. The van der Waals surface area contributed by atoms with E-state index in [2.05, 4.69) is 4.72 Å². The number of aliphatic hydroxyl groups is 1. The summed E-state index contributed by atoms with van der Waals surface area (Å²) >= 11 is 0. The number of aliphatic hydroxyl groups excluding tert-OH is 1. The summed E-state index contributed by atoms with van der Waals surface area (Å²) in [5.41, 5.74) is 1.93. The van der Waals surface area contributed by atoms with Gasteiger partial charge in [-0.05, 0) is 48.4 Å². The molecule has 6 heteroatoms. The lowest BCUT2D eigenvalue weighted by atomic mass is 10.2. The van der Waals surface area contributed by atoms with Gasteiger partial charge in [-0.1, -0.05) is 12.1 Å². The Bertz CT molecular complexity index is 724. The SMILES string of the molecule is COc1ccc(NS(=O)(=O)c2ccc(CO)cc2)c(C)c1. The standard InChI is InChI=1S/C15H17NO4S/c1-11-9-13(20-2)5-8-15(11)16-21(18,19)14-6-3-12(10-17)4-7-14/h3-9,16-17H,10H2,1-2H3. The first kappa shape index (κ1) is 15.3. The molecule has 0 aliphatic rings. The van der Waals surface area contributed by atoms with Crippen molar-refractivity contribution in [1.82, 2.24) is 0 Å². The van der Waals surface area contributed by atoms with Crippen molar-refractivity contribution < 1.29 is 18.3 Å². The minimum Gasteiger partial charge on any atom is -0.497 e.